The minimum atomic E-state index is -0.176. The van der Waals surface area contributed by atoms with Crippen LogP contribution in [0.15, 0.2) is 39.4 Å². The van der Waals surface area contributed by atoms with E-state index in [0.717, 1.165) is 20.1 Å². The Hall–Kier alpha value is -1.20. The molecule has 1 N–H and O–H groups in total. The smallest absolute Gasteiger partial charge is 0.257 e. The second-order valence-electron chi connectivity index (χ2n) is 4.26. The maximum Gasteiger partial charge on any atom is 0.257 e. The van der Waals surface area contributed by atoms with Crippen molar-refractivity contribution >= 4 is 43.6 Å². The van der Waals surface area contributed by atoms with E-state index in [0.29, 0.717) is 11.4 Å². The van der Waals surface area contributed by atoms with Crippen molar-refractivity contribution in [2.75, 3.05) is 5.32 Å². The van der Waals surface area contributed by atoms with Crippen LogP contribution in [0.1, 0.15) is 21.5 Å². The number of hydrogen-bond acceptors (Lipinski definition) is 2. The first-order valence-corrected chi connectivity index (χ1v) is 7.25. The molecular formula is C14H12Br2N2O. The SMILES string of the molecule is Cc1ccc(C(=O)Nc2ncc(Br)cc2C)c(Br)c1. The topological polar surface area (TPSA) is 42.0 Å². The number of nitrogens with one attached hydrogen (secondary N) is 1. The average molecular weight is 384 g/mol. The summed E-state index contributed by atoms with van der Waals surface area (Å²) in [6, 6.07) is 7.52. The molecule has 0 aliphatic carbocycles. The second-order valence-corrected chi connectivity index (χ2v) is 6.03. The average Bonchev–Trinajstić information content (AvgIpc) is 2.32. The molecule has 1 heterocycles. The molecule has 5 heteroatoms. The molecule has 0 aliphatic rings. The fourth-order valence-corrected chi connectivity index (χ4v) is 2.77. The number of pyridine rings is 1. The number of amides is 1. The van der Waals surface area contributed by atoms with Crippen molar-refractivity contribution in [2.24, 2.45) is 0 Å². The Morgan fingerprint density at radius 3 is 2.58 bits per heavy atom. The number of halogens is 2. The van der Waals surface area contributed by atoms with Gasteiger partial charge in [-0.3, -0.25) is 4.79 Å². The quantitative estimate of drug-likeness (QED) is 0.830. The van der Waals surface area contributed by atoms with Crippen LogP contribution in [-0.4, -0.2) is 10.9 Å². The summed E-state index contributed by atoms with van der Waals surface area (Å²) >= 11 is 6.75. The summed E-state index contributed by atoms with van der Waals surface area (Å²) < 4.78 is 1.67. The molecule has 0 atom stereocenters. The molecule has 0 aliphatic heterocycles. The molecule has 0 unspecified atom stereocenters. The van der Waals surface area contributed by atoms with Gasteiger partial charge < -0.3 is 5.32 Å². The predicted octanol–water partition coefficient (Wildman–Crippen LogP) is 4.48. The predicted molar refractivity (Wildman–Crippen MR) is 83.5 cm³/mol. The number of carbonyl (C=O) groups is 1. The highest BCUT2D eigenvalue weighted by atomic mass is 79.9. The molecule has 98 valence electrons. The van der Waals surface area contributed by atoms with Crippen LogP contribution in [0, 0.1) is 13.8 Å². The zero-order chi connectivity index (χ0) is 14.0. The number of rotatable bonds is 2. The van der Waals surface area contributed by atoms with Gasteiger partial charge in [0.1, 0.15) is 5.82 Å². The summed E-state index contributed by atoms with van der Waals surface area (Å²) in [7, 11) is 0. The Morgan fingerprint density at radius 2 is 1.95 bits per heavy atom. The van der Waals surface area contributed by atoms with Crippen molar-refractivity contribution in [1.29, 1.82) is 0 Å². The minimum Gasteiger partial charge on any atom is -0.306 e. The van der Waals surface area contributed by atoms with Gasteiger partial charge in [-0.05, 0) is 75.0 Å². The van der Waals surface area contributed by atoms with Crippen molar-refractivity contribution in [1.82, 2.24) is 4.98 Å². The number of carbonyl (C=O) groups excluding carboxylic acids is 1. The van der Waals surface area contributed by atoms with Crippen molar-refractivity contribution in [3.63, 3.8) is 0 Å². The van der Waals surface area contributed by atoms with E-state index in [1.54, 1.807) is 12.3 Å². The lowest BCUT2D eigenvalue weighted by atomic mass is 10.1. The summed E-state index contributed by atoms with van der Waals surface area (Å²) in [6.07, 6.45) is 1.66. The third-order valence-corrected chi connectivity index (χ3v) is 3.74. The molecular weight excluding hydrogens is 372 g/mol. The first-order valence-electron chi connectivity index (χ1n) is 5.67. The summed E-state index contributed by atoms with van der Waals surface area (Å²) in [6.45, 7) is 3.88. The van der Waals surface area contributed by atoms with Gasteiger partial charge in [0.05, 0.1) is 5.56 Å². The molecule has 19 heavy (non-hydrogen) atoms. The Morgan fingerprint density at radius 1 is 1.21 bits per heavy atom. The standard InChI is InChI=1S/C14H12Br2N2O/c1-8-3-4-11(12(16)5-8)14(19)18-13-9(2)6-10(15)7-17-13/h3-7H,1-2H3,(H,17,18,19). The van der Waals surface area contributed by atoms with E-state index >= 15 is 0 Å². The van der Waals surface area contributed by atoms with Crippen molar-refractivity contribution < 1.29 is 4.79 Å². The molecule has 2 rings (SSSR count). The van der Waals surface area contributed by atoms with Crippen LogP contribution in [0.2, 0.25) is 0 Å². The van der Waals surface area contributed by atoms with E-state index in [1.807, 2.05) is 32.0 Å². The van der Waals surface area contributed by atoms with Crippen LogP contribution in [0.4, 0.5) is 5.82 Å². The molecule has 1 amide bonds. The number of nitrogens with zero attached hydrogens (tertiary/aromatic N) is 1. The van der Waals surface area contributed by atoms with E-state index in [2.05, 4.69) is 42.2 Å². The molecule has 0 bridgehead atoms. The molecule has 0 fully saturated rings. The van der Waals surface area contributed by atoms with Crippen LogP contribution in [0.25, 0.3) is 0 Å². The highest BCUT2D eigenvalue weighted by Crippen LogP contribution is 2.21. The van der Waals surface area contributed by atoms with Crippen molar-refractivity contribution in [3.8, 4) is 0 Å². The Balaban J connectivity index is 2.25. The van der Waals surface area contributed by atoms with Gasteiger partial charge in [0.25, 0.3) is 5.91 Å². The van der Waals surface area contributed by atoms with Gasteiger partial charge in [0.2, 0.25) is 0 Å². The third kappa shape index (κ3) is 3.42. The number of benzene rings is 1. The highest BCUT2D eigenvalue weighted by molar-refractivity contribution is 9.10. The van der Waals surface area contributed by atoms with Gasteiger partial charge in [-0.1, -0.05) is 6.07 Å². The number of aryl methyl sites for hydroxylation is 2. The molecule has 0 radical (unpaired) electrons. The van der Waals surface area contributed by atoms with Gasteiger partial charge in [0.15, 0.2) is 0 Å². The van der Waals surface area contributed by atoms with Crippen LogP contribution in [0.5, 0.6) is 0 Å². The van der Waals surface area contributed by atoms with Crippen LogP contribution in [0.3, 0.4) is 0 Å². The first-order chi connectivity index (χ1) is 8.97. The third-order valence-electron chi connectivity index (χ3n) is 2.65. The minimum absolute atomic E-state index is 0.176. The van der Waals surface area contributed by atoms with Crippen LogP contribution in [-0.2, 0) is 0 Å². The lowest BCUT2D eigenvalue weighted by Gasteiger charge is -2.09. The van der Waals surface area contributed by atoms with Gasteiger partial charge >= 0.3 is 0 Å². The maximum absolute atomic E-state index is 12.2. The van der Waals surface area contributed by atoms with E-state index in [9.17, 15) is 4.79 Å². The second kappa shape index (κ2) is 5.84. The van der Waals surface area contributed by atoms with E-state index in [1.165, 1.54) is 0 Å². The molecule has 1 aromatic heterocycles. The van der Waals surface area contributed by atoms with Gasteiger partial charge in [0, 0.05) is 15.1 Å². The Labute approximate surface area is 128 Å². The first kappa shape index (κ1) is 14.2. The Bertz CT molecular complexity index is 641. The van der Waals surface area contributed by atoms with E-state index in [4.69, 9.17) is 0 Å². The summed E-state index contributed by atoms with van der Waals surface area (Å²) in [5.74, 6) is 0.394. The fraction of sp³-hybridized carbons (Fsp3) is 0.143. The van der Waals surface area contributed by atoms with Crippen molar-refractivity contribution in [3.05, 3.63) is 56.1 Å². The van der Waals surface area contributed by atoms with Gasteiger partial charge in [-0.15, -0.1) is 0 Å². The van der Waals surface area contributed by atoms with E-state index < -0.39 is 0 Å². The highest BCUT2D eigenvalue weighted by Gasteiger charge is 2.12. The molecule has 0 saturated heterocycles. The monoisotopic (exact) mass is 382 g/mol. The molecule has 3 nitrogen and oxygen atoms in total. The molecule has 1 aromatic carbocycles. The largest absolute Gasteiger partial charge is 0.306 e. The fourth-order valence-electron chi connectivity index (χ4n) is 1.65. The number of aromatic nitrogens is 1. The molecule has 2 aromatic rings. The lowest BCUT2D eigenvalue weighted by Crippen LogP contribution is -2.14. The normalized spacial score (nSPS) is 10.3. The van der Waals surface area contributed by atoms with Crippen molar-refractivity contribution in [2.45, 2.75) is 13.8 Å². The summed E-state index contributed by atoms with van der Waals surface area (Å²) in [4.78, 5) is 16.4. The zero-order valence-electron chi connectivity index (χ0n) is 10.5. The Kier molecular flexibility index (Phi) is 4.37. The molecule has 0 spiro atoms. The van der Waals surface area contributed by atoms with Gasteiger partial charge in [-0.2, -0.15) is 0 Å². The van der Waals surface area contributed by atoms with Gasteiger partial charge in [-0.25, -0.2) is 4.98 Å². The summed E-state index contributed by atoms with van der Waals surface area (Å²) in [5.41, 5.74) is 2.60. The number of anilines is 1. The summed E-state index contributed by atoms with van der Waals surface area (Å²) in [5, 5.41) is 2.81. The van der Waals surface area contributed by atoms with Crippen LogP contribution < -0.4 is 5.32 Å². The molecule has 0 saturated carbocycles. The number of hydrogen-bond donors (Lipinski definition) is 1. The van der Waals surface area contributed by atoms with Crippen LogP contribution >= 0.6 is 31.9 Å². The maximum atomic E-state index is 12.2. The lowest BCUT2D eigenvalue weighted by molar-refractivity contribution is 0.102. The zero-order valence-corrected chi connectivity index (χ0v) is 13.7. The van der Waals surface area contributed by atoms with E-state index in [-0.39, 0.29) is 5.91 Å².